The molecule has 54 valence electrons. The SMILES string of the molecule is COCC1CCN(N)C1. The second kappa shape index (κ2) is 3.15. The third-order valence-corrected chi connectivity index (χ3v) is 1.72. The van der Waals surface area contributed by atoms with E-state index in [2.05, 4.69) is 0 Å². The van der Waals surface area contributed by atoms with Crippen molar-refractivity contribution in [1.82, 2.24) is 5.01 Å². The Morgan fingerprint density at radius 3 is 3.00 bits per heavy atom. The van der Waals surface area contributed by atoms with Gasteiger partial charge in [0, 0.05) is 20.2 Å². The summed E-state index contributed by atoms with van der Waals surface area (Å²) in [6.07, 6.45) is 1.18. The lowest BCUT2D eigenvalue weighted by molar-refractivity contribution is 0.153. The van der Waals surface area contributed by atoms with Gasteiger partial charge < -0.3 is 4.74 Å². The third kappa shape index (κ3) is 1.93. The Morgan fingerprint density at radius 1 is 1.78 bits per heavy atom. The predicted octanol–water partition coefficient (Wildman–Crippen LogP) is -0.172. The van der Waals surface area contributed by atoms with E-state index < -0.39 is 0 Å². The van der Waals surface area contributed by atoms with Gasteiger partial charge in [0.25, 0.3) is 0 Å². The number of hydrogen-bond donors (Lipinski definition) is 1. The highest BCUT2D eigenvalue weighted by atomic mass is 16.5. The minimum atomic E-state index is 0.667. The molecule has 3 nitrogen and oxygen atoms in total. The highest BCUT2D eigenvalue weighted by Gasteiger charge is 2.18. The molecule has 1 fully saturated rings. The molecule has 0 spiro atoms. The Balaban J connectivity index is 2.14. The average Bonchev–Trinajstić information content (AvgIpc) is 2.17. The highest BCUT2D eigenvalue weighted by Crippen LogP contribution is 2.11. The molecule has 0 saturated carbocycles. The molecule has 1 aliphatic rings. The van der Waals surface area contributed by atoms with Crippen molar-refractivity contribution in [3.8, 4) is 0 Å². The number of nitrogens with zero attached hydrogens (tertiary/aromatic N) is 1. The van der Waals surface area contributed by atoms with Gasteiger partial charge >= 0.3 is 0 Å². The second-order valence-corrected chi connectivity index (χ2v) is 2.60. The van der Waals surface area contributed by atoms with E-state index >= 15 is 0 Å². The summed E-state index contributed by atoms with van der Waals surface area (Å²) in [7, 11) is 1.74. The summed E-state index contributed by atoms with van der Waals surface area (Å²) < 4.78 is 4.99. The van der Waals surface area contributed by atoms with Gasteiger partial charge in [0.2, 0.25) is 0 Å². The van der Waals surface area contributed by atoms with Crippen molar-refractivity contribution in [1.29, 1.82) is 0 Å². The standard InChI is InChI=1S/C6H14N2O/c1-9-5-6-2-3-8(7)4-6/h6H,2-5,7H2,1H3. The van der Waals surface area contributed by atoms with Crippen LogP contribution in [0.5, 0.6) is 0 Å². The Morgan fingerprint density at radius 2 is 2.56 bits per heavy atom. The van der Waals surface area contributed by atoms with Gasteiger partial charge in [0.15, 0.2) is 0 Å². The van der Waals surface area contributed by atoms with Crippen LogP contribution in [0.3, 0.4) is 0 Å². The first-order valence-corrected chi connectivity index (χ1v) is 3.31. The van der Waals surface area contributed by atoms with E-state index in [4.69, 9.17) is 10.6 Å². The maximum absolute atomic E-state index is 5.53. The molecule has 0 amide bonds. The minimum absolute atomic E-state index is 0.667. The Hall–Kier alpha value is -0.120. The zero-order chi connectivity index (χ0) is 6.69. The number of nitrogens with two attached hydrogens (primary N) is 1. The molecular formula is C6H14N2O. The van der Waals surface area contributed by atoms with Crippen LogP contribution in [0, 0.1) is 5.92 Å². The smallest absolute Gasteiger partial charge is 0.0503 e. The molecule has 0 aromatic carbocycles. The predicted molar refractivity (Wildman–Crippen MR) is 35.7 cm³/mol. The number of rotatable bonds is 2. The van der Waals surface area contributed by atoms with Crippen LogP contribution in [-0.4, -0.2) is 31.8 Å². The molecule has 9 heavy (non-hydrogen) atoms. The van der Waals surface area contributed by atoms with Crippen molar-refractivity contribution in [2.24, 2.45) is 11.8 Å². The number of methoxy groups -OCH3 is 1. The van der Waals surface area contributed by atoms with E-state index in [0.29, 0.717) is 5.92 Å². The first-order chi connectivity index (χ1) is 4.33. The quantitative estimate of drug-likeness (QED) is 0.527. The molecule has 1 unspecified atom stereocenters. The molecule has 1 atom stereocenters. The van der Waals surface area contributed by atoms with Gasteiger partial charge in [0.05, 0.1) is 6.61 Å². The van der Waals surface area contributed by atoms with Gasteiger partial charge in [-0.25, -0.2) is 5.01 Å². The Bertz CT molecular complexity index is 85.1. The Kier molecular flexibility index (Phi) is 2.45. The molecule has 1 saturated heterocycles. The van der Waals surface area contributed by atoms with E-state index in [-0.39, 0.29) is 0 Å². The topological polar surface area (TPSA) is 38.5 Å². The van der Waals surface area contributed by atoms with Crippen molar-refractivity contribution < 1.29 is 4.74 Å². The molecule has 1 heterocycles. The van der Waals surface area contributed by atoms with Gasteiger partial charge in [0.1, 0.15) is 0 Å². The van der Waals surface area contributed by atoms with Crippen LogP contribution in [0.1, 0.15) is 6.42 Å². The van der Waals surface area contributed by atoms with E-state index in [0.717, 1.165) is 19.7 Å². The fourth-order valence-corrected chi connectivity index (χ4v) is 1.23. The number of ether oxygens (including phenoxy) is 1. The Labute approximate surface area is 55.7 Å². The number of hydrazine groups is 1. The first-order valence-electron chi connectivity index (χ1n) is 3.31. The zero-order valence-corrected chi connectivity index (χ0v) is 5.84. The fourth-order valence-electron chi connectivity index (χ4n) is 1.23. The van der Waals surface area contributed by atoms with Gasteiger partial charge in [-0.05, 0) is 12.3 Å². The van der Waals surface area contributed by atoms with Crippen LogP contribution in [0.2, 0.25) is 0 Å². The molecule has 3 heteroatoms. The van der Waals surface area contributed by atoms with Gasteiger partial charge in [-0.2, -0.15) is 0 Å². The third-order valence-electron chi connectivity index (χ3n) is 1.72. The maximum Gasteiger partial charge on any atom is 0.0503 e. The molecule has 0 aromatic heterocycles. The highest BCUT2D eigenvalue weighted by molar-refractivity contribution is 4.70. The zero-order valence-electron chi connectivity index (χ0n) is 5.84. The fraction of sp³-hybridized carbons (Fsp3) is 1.00. The van der Waals surface area contributed by atoms with E-state index in [1.54, 1.807) is 7.11 Å². The van der Waals surface area contributed by atoms with E-state index in [1.807, 2.05) is 5.01 Å². The van der Waals surface area contributed by atoms with Crippen LogP contribution < -0.4 is 5.84 Å². The summed E-state index contributed by atoms with van der Waals surface area (Å²) >= 11 is 0. The molecule has 0 radical (unpaired) electrons. The van der Waals surface area contributed by atoms with Gasteiger partial charge in [-0.3, -0.25) is 5.84 Å². The van der Waals surface area contributed by atoms with Crippen molar-refractivity contribution >= 4 is 0 Å². The first kappa shape index (κ1) is 6.99. The summed E-state index contributed by atoms with van der Waals surface area (Å²) in [4.78, 5) is 0. The summed E-state index contributed by atoms with van der Waals surface area (Å²) in [5.74, 6) is 6.20. The van der Waals surface area contributed by atoms with Crippen LogP contribution in [0.15, 0.2) is 0 Å². The lowest BCUT2D eigenvalue weighted by Gasteiger charge is -2.07. The molecule has 0 bridgehead atoms. The molecule has 0 aliphatic carbocycles. The molecule has 0 aromatic rings. The van der Waals surface area contributed by atoms with E-state index in [9.17, 15) is 0 Å². The van der Waals surface area contributed by atoms with Gasteiger partial charge in [-0.1, -0.05) is 0 Å². The van der Waals surface area contributed by atoms with Crippen LogP contribution in [0.4, 0.5) is 0 Å². The largest absolute Gasteiger partial charge is 0.384 e. The molecule has 2 N–H and O–H groups in total. The normalized spacial score (nSPS) is 29.3. The summed E-state index contributed by atoms with van der Waals surface area (Å²) in [6, 6.07) is 0. The minimum Gasteiger partial charge on any atom is -0.384 e. The van der Waals surface area contributed by atoms with Crippen molar-refractivity contribution in [3.63, 3.8) is 0 Å². The summed E-state index contributed by atoms with van der Waals surface area (Å²) in [5.41, 5.74) is 0. The van der Waals surface area contributed by atoms with E-state index in [1.165, 1.54) is 6.42 Å². The van der Waals surface area contributed by atoms with Crippen molar-refractivity contribution in [2.75, 3.05) is 26.8 Å². The molecule has 1 aliphatic heterocycles. The average molecular weight is 130 g/mol. The van der Waals surface area contributed by atoms with Crippen molar-refractivity contribution in [2.45, 2.75) is 6.42 Å². The van der Waals surface area contributed by atoms with Crippen LogP contribution >= 0.6 is 0 Å². The monoisotopic (exact) mass is 130 g/mol. The van der Waals surface area contributed by atoms with Crippen molar-refractivity contribution in [3.05, 3.63) is 0 Å². The lowest BCUT2D eigenvalue weighted by atomic mass is 10.1. The van der Waals surface area contributed by atoms with Crippen LogP contribution in [-0.2, 0) is 4.74 Å². The summed E-state index contributed by atoms with van der Waals surface area (Å²) in [6.45, 7) is 2.87. The maximum atomic E-state index is 5.53. The van der Waals surface area contributed by atoms with Crippen LogP contribution in [0.25, 0.3) is 0 Å². The molecule has 1 rings (SSSR count). The lowest BCUT2D eigenvalue weighted by Crippen LogP contribution is -2.28. The van der Waals surface area contributed by atoms with Gasteiger partial charge in [-0.15, -0.1) is 0 Å². The second-order valence-electron chi connectivity index (χ2n) is 2.60. The number of hydrogen-bond acceptors (Lipinski definition) is 3. The summed E-state index contributed by atoms with van der Waals surface area (Å²) in [5, 5.41) is 1.85. The molecular weight excluding hydrogens is 116 g/mol.